The number of rotatable bonds is 12. The van der Waals surface area contributed by atoms with E-state index in [1.165, 1.54) is 7.11 Å². The number of guanidine groups is 1. The maximum atomic E-state index is 13.1. The van der Waals surface area contributed by atoms with Gasteiger partial charge in [-0.3, -0.25) is 26.0 Å². The standard InChI is InChI=1S/C23H36N6O5.C2H4O2/c1-23(2,3)18(29-22(33)34-4)20(32)28-17(13-15-9-6-5-7-10-15)19(31)27-16(14-30)11-8-12-26-21(24)25;1-2(3)4/h5-7,9-10,14,16-18H,8,11-13H2,1-4H3,(H,27,31)(H,28,32)(H,29,33)(H4,24,25,26);1H3,(H,3,4)/t16-,17-,18-;/m0./s1. The van der Waals surface area contributed by atoms with Crippen LogP contribution < -0.4 is 37.5 Å². The number of nitrogens with one attached hydrogen (secondary N) is 4. The molecule has 3 atom stereocenters. The Balaban J connectivity index is 0.00000318. The van der Waals surface area contributed by atoms with Gasteiger partial charge in [0, 0.05) is 12.4 Å². The number of aliphatic carboxylic acids is 1. The molecule has 0 unspecified atom stereocenters. The van der Waals surface area contributed by atoms with Crippen molar-refractivity contribution in [3.63, 3.8) is 0 Å². The maximum Gasteiger partial charge on any atom is 0.407 e. The molecule has 3 amide bonds. The molecule has 0 bridgehead atoms. The van der Waals surface area contributed by atoms with Gasteiger partial charge in [0.1, 0.15) is 18.4 Å². The highest BCUT2D eigenvalue weighted by atomic mass is 16.5. The Labute approximate surface area is 222 Å². The summed E-state index contributed by atoms with van der Waals surface area (Å²) in [5.41, 5.74) is 10.8. The number of nitrogens with two attached hydrogens (primary N) is 2. The Hall–Kier alpha value is -4.16. The van der Waals surface area contributed by atoms with E-state index in [-0.39, 0.29) is 12.4 Å². The van der Waals surface area contributed by atoms with Crippen LogP contribution in [0.1, 0.15) is 46.1 Å². The van der Waals surface area contributed by atoms with Crippen molar-refractivity contribution in [3.8, 4) is 0 Å². The van der Waals surface area contributed by atoms with Crippen molar-refractivity contribution in [2.45, 2.75) is 65.1 Å². The van der Waals surface area contributed by atoms with Gasteiger partial charge in [0.2, 0.25) is 11.8 Å². The van der Waals surface area contributed by atoms with Crippen LogP contribution in [-0.2, 0) is 30.3 Å². The minimum absolute atomic E-state index is 0.0753. The van der Waals surface area contributed by atoms with Crippen molar-refractivity contribution >= 4 is 36.1 Å². The molecule has 1 rings (SSSR count). The summed E-state index contributed by atoms with van der Waals surface area (Å²) >= 11 is 0. The van der Waals surface area contributed by atoms with Crippen molar-refractivity contribution in [1.29, 1.82) is 0 Å². The molecule has 8 N–H and O–H groups in total. The average molecular weight is 537 g/mol. The molecular formula is C25H40N6O7. The minimum atomic E-state index is -1.08. The lowest BCUT2D eigenvalue weighted by molar-refractivity contribution is -0.459. The van der Waals surface area contributed by atoms with Gasteiger partial charge >= 0.3 is 12.1 Å². The van der Waals surface area contributed by atoms with E-state index >= 15 is 0 Å². The lowest BCUT2D eigenvalue weighted by Gasteiger charge is -2.31. The van der Waals surface area contributed by atoms with Crippen LogP contribution in [0.3, 0.4) is 0 Å². The summed E-state index contributed by atoms with van der Waals surface area (Å²) in [6.07, 6.45) is 0.969. The number of alkyl carbamates (subject to hydrolysis) is 1. The first-order chi connectivity index (χ1) is 17.7. The molecule has 0 spiro atoms. The molecule has 212 valence electrons. The van der Waals surface area contributed by atoms with Crippen LogP contribution in [-0.4, -0.2) is 67.9 Å². The minimum Gasteiger partial charge on any atom is -0.550 e. The molecule has 0 aromatic heterocycles. The third-order valence-corrected chi connectivity index (χ3v) is 5.00. The van der Waals surface area contributed by atoms with Crippen LogP contribution in [0.4, 0.5) is 4.79 Å². The quantitative estimate of drug-likeness (QED) is 0.0695. The number of hydrogen-bond acceptors (Lipinski definition) is 7. The van der Waals surface area contributed by atoms with Gasteiger partial charge in [0.25, 0.3) is 0 Å². The lowest BCUT2D eigenvalue weighted by atomic mass is 9.86. The van der Waals surface area contributed by atoms with Crippen LogP contribution in [0.5, 0.6) is 0 Å². The molecule has 13 heteroatoms. The first kappa shape index (κ1) is 33.8. The summed E-state index contributed by atoms with van der Waals surface area (Å²) in [5, 5.41) is 16.8. The number of hydrogen-bond donors (Lipinski definition) is 6. The Morgan fingerprint density at radius 1 is 1.05 bits per heavy atom. The van der Waals surface area contributed by atoms with Gasteiger partial charge < -0.3 is 35.4 Å². The van der Waals surface area contributed by atoms with Crippen LogP contribution in [0.25, 0.3) is 0 Å². The van der Waals surface area contributed by atoms with E-state index in [9.17, 15) is 19.2 Å². The number of carbonyl (C=O) groups excluding carboxylic acids is 5. The van der Waals surface area contributed by atoms with E-state index in [4.69, 9.17) is 21.4 Å². The topological polar surface area (TPSA) is 220 Å². The number of methoxy groups -OCH3 is 1. The second-order valence-electron chi connectivity index (χ2n) is 9.45. The van der Waals surface area contributed by atoms with Crippen molar-refractivity contribution in [3.05, 3.63) is 35.9 Å². The molecule has 0 saturated heterocycles. The fourth-order valence-corrected chi connectivity index (χ4v) is 3.18. The monoisotopic (exact) mass is 536 g/mol. The predicted octanol–water partition coefficient (Wildman–Crippen LogP) is -2.94. The van der Waals surface area contributed by atoms with E-state index in [2.05, 4.69) is 25.7 Å². The normalized spacial score (nSPS) is 12.8. The van der Waals surface area contributed by atoms with Crippen molar-refractivity contribution in [2.24, 2.45) is 16.9 Å². The van der Waals surface area contributed by atoms with E-state index < -0.39 is 47.4 Å². The number of carboxylic acid groups (broad SMARTS) is 1. The Morgan fingerprint density at radius 2 is 1.63 bits per heavy atom. The van der Waals surface area contributed by atoms with Crippen LogP contribution >= 0.6 is 0 Å². The summed E-state index contributed by atoms with van der Waals surface area (Å²) < 4.78 is 4.63. The Kier molecular flexibility index (Phi) is 15.4. The fraction of sp³-hybridized carbons (Fsp3) is 0.520. The Bertz CT molecular complexity index is 939. The van der Waals surface area contributed by atoms with Crippen LogP contribution in [0, 0.1) is 5.41 Å². The van der Waals surface area contributed by atoms with Crippen molar-refractivity contribution < 1.29 is 38.8 Å². The highest BCUT2D eigenvalue weighted by molar-refractivity contribution is 5.92. The van der Waals surface area contributed by atoms with Crippen LogP contribution in [0.15, 0.2) is 30.3 Å². The molecule has 38 heavy (non-hydrogen) atoms. The predicted molar refractivity (Wildman–Crippen MR) is 138 cm³/mol. The van der Waals surface area contributed by atoms with Gasteiger partial charge in [-0.05, 0) is 30.7 Å². The number of carbonyl (C=O) groups is 5. The molecule has 1 aromatic carbocycles. The first-order valence-electron chi connectivity index (χ1n) is 11.9. The number of amides is 3. The SMILES string of the molecule is CC(=O)[O-].COC(=O)N[C@@H](C(=O)N[C@@H](Cc1ccccc1)C(=O)N[C@H](C=O)CCC[NH+]=C(N)N)C(C)(C)C. The van der Waals surface area contributed by atoms with Gasteiger partial charge in [0.15, 0.2) is 0 Å². The number of carboxylic acids is 1. The largest absolute Gasteiger partial charge is 0.550 e. The zero-order valence-corrected chi connectivity index (χ0v) is 22.5. The smallest absolute Gasteiger partial charge is 0.407 e. The van der Waals surface area contributed by atoms with Gasteiger partial charge in [-0.2, -0.15) is 0 Å². The van der Waals surface area contributed by atoms with E-state index in [1.807, 2.05) is 30.3 Å². The third-order valence-electron chi connectivity index (χ3n) is 5.00. The number of ether oxygens (including phenoxy) is 1. The Morgan fingerprint density at radius 3 is 2.11 bits per heavy atom. The second kappa shape index (κ2) is 17.3. The van der Waals surface area contributed by atoms with Gasteiger partial charge in [-0.1, -0.05) is 51.1 Å². The molecule has 0 radical (unpaired) electrons. The highest BCUT2D eigenvalue weighted by Gasteiger charge is 2.35. The molecule has 1 aromatic rings. The molecule has 0 aliphatic heterocycles. The highest BCUT2D eigenvalue weighted by Crippen LogP contribution is 2.20. The lowest BCUT2D eigenvalue weighted by Crippen LogP contribution is -2.78. The second-order valence-corrected chi connectivity index (χ2v) is 9.45. The van der Waals surface area contributed by atoms with E-state index in [0.29, 0.717) is 25.7 Å². The van der Waals surface area contributed by atoms with Gasteiger partial charge in [-0.15, -0.1) is 0 Å². The summed E-state index contributed by atoms with van der Waals surface area (Å²) in [4.78, 5) is 61.1. The average Bonchev–Trinajstić information content (AvgIpc) is 2.82. The molecule has 13 nitrogen and oxygen atoms in total. The molecule has 0 fully saturated rings. The molecule has 0 saturated carbocycles. The molecule has 0 heterocycles. The third kappa shape index (κ3) is 15.1. The fourth-order valence-electron chi connectivity index (χ4n) is 3.18. The van der Waals surface area contributed by atoms with Gasteiger partial charge in [-0.25, -0.2) is 4.79 Å². The number of aldehydes is 1. The first-order valence-corrected chi connectivity index (χ1v) is 11.9. The van der Waals surface area contributed by atoms with Crippen molar-refractivity contribution in [2.75, 3.05) is 13.7 Å². The summed E-state index contributed by atoms with van der Waals surface area (Å²) in [5.74, 6) is -2.07. The van der Waals surface area contributed by atoms with E-state index in [1.54, 1.807) is 20.8 Å². The molecule has 0 aliphatic rings. The zero-order valence-electron chi connectivity index (χ0n) is 22.5. The zero-order chi connectivity index (χ0) is 29.3. The summed E-state index contributed by atoms with van der Waals surface area (Å²) in [6, 6.07) is 6.46. The van der Waals surface area contributed by atoms with E-state index in [0.717, 1.165) is 12.5 Å². The summed E-state index contributed by atoms with van der Waals surface area (Å²) in [7, 11) is 1.20. The maximum absolute atomic E-state index is 13.1. The van der Waals surface area contributed by atoms with Gasteiger partial charge in [0.05, 0.1) is 19.7 Å². The molecule has 0 aliphatic carbocycles. The van der Waals surface area contributed by atoms with Crippen LogP contribution in [0.2, 0.25) is 0 Å². The molecular weight excluding hydrogens is 496 g/mol. The van der Waals surface area contributed by atoms with Crippen molar-refractivity contribution in [1.82, 2.24) is 16.0 Å². The number of benzene rings is 1. The summed E-state index contributed by atoms with van der Waals surface area (Å²) in [6.45, 7) is 6.75.